The molecule has 3 aromatic carbocycles. The van der Waals surface area contributed by atoms with E-state index in [1.807, 2.05) is 43.3 Å². The van der Waals surface area contributed by atoms with Gasteiger partial charge >= 0.3 is 0 Å². The number of carbonyl (C=O) groups excluding carboxylic acids is 2. The molecule has 1 aliphatic carbocycles. The fourth-order valence-corrected chi connectivity index (χ4v) is 4.19. The highest BCUT2D eigenvalue weighted by Crippen LogP contribution is 2.32. The molecular formula is C27H26BrN3O3S. The van der Waals surface area contributed by atoms with Gasteiger partial charge in [-0.05, 0) is 89.4 Å². The first-order valence-electron chi connectivity index (χ1n) is 11.4. The standard InChI is InChI=1S/C27H26BrN3O3S/c1-17-22(29-25(32)19-10-11-19)8-5-9-23(17)30-27(35)31-26(33)20-12-13-24(21(28)16-20)34-15-14-18-6-3-2-4-7-18/h2-9,12-13,16,19H,10-11,14-15H2,1H3,(H,29,32)(H2,30,31,33,35). The molecule has 6 nitrogen and oxygen atoms in total. The highest BCUT2D eigenvalue weighted by Gasteiger charge is 2.29. The van der Waals surface area contributed by atoms with E-state index in [1.54, 1.807) is 18.2 Å². The number of anilines is 2. The van der Waals surface area contributed by atoms with Gasteiger partial charge in [0, 0.05) is 29.3 Å². The predicted octanol–water partition coefficient (Wildman–Crippen LogP) is 5.85. The molecule has 0 aromatic heterocycles. The fourth-order valence-electron chi connectivity index (χ4n) is 3.50. The summed E-state index contributed by atoms with van der Waals surface area (Å²) in [5.41, 5.74) is 3.93. The van der Waals surface area contributed by atoms with Crippen molar-refractivity contribution in [1.29, 1.82) is 0 Å². The summed E-state index contributed by atoms with van der Waals surface area (Å²) in [6.07, 6.45) is 2.67. The zero-order chi connectivity index (χ0) is 24.8. The predicted molar refractivity (Wildman–Crippen MR) is 146 cm³/mol. The second-order valence-corrected chi connectivity index (χ2v) is 9.64. The van der Waals surface area contributed by atoms with Crippen molar-refractivity contribution in [2.24, 2.45) is 5.92 Å². The number of benzene rings is 3. The van der Waals surface area contributed by atoms with Crippen LogP contribution in [0, 0.1) is 12.8 Å². The highest BCUT2D eigenvalue weighted by atomic mass is 79.9. The summed E-state index contributed by atoms with van der Waals surface area (Å²) < 4.78 is 6.55. The van der Waals surface area contributed by atoms with E-state index in [-0.39, 0.29) is 22.8 Å². The Morgan fingerprint density at radius 1 is 1.00 bits per heavy atom. The van der Waals surface area contributed by atoms with Gasteiger partial charge in [0.25, 0.3) is 5.91 Å². The van der Waals surface area contributed by atoms with Crippen LogP contribution in [0.2, 0.25) is 0 Å². The number of ether oxygens (including phenoxy) is 1. The topological polar surface area (TPSA) is 79.5 Å². The SMILES string of the molecule is Cc1c(NC(=O)C2CC2)cccc1NC(=S)NC(=O)c1ccc(OCCc2ccccc2)c(Br)c1. The molecule has 0 unspecified atom stereocenters. The first kappa shape index (κ1) is 24.9. The van der Waals surface area contributed by atoms with Crippen molar-refractivity contribution in [3.8, 4) is 5.75 Å². The number of rotatable bonds is 8. The van der Waals surface area contributed by atoms with Gasteiger partial charge in [0.1, 0.15) is 5.75 Å². The number of amides is 2. The molecule has 3 N–H and O–H groups in total. The first-order chi connectivity index (χ1) is 16.9. The smallest absolute Gasteiger partial charge is 0.257 e. The average Bonchev–Trinajstić information content (AvgIpc) is 3.69. The Kier molecular flexibility index (Phi) is 8.15. The van der Waals surface area contributed by atoms with Gasteiger partial charge in [-0.15, -0.1) is 0 Å². The number of hydrogen-bond donors (Lipinski definition) is 3. The lowest BCUT2D eigenvalue weighted by Crippen LogP contribution is -2.34. The molecule has 1 aliphatic rings. The van der Waals surface area contributed by atoms with Crippen LogP contribution in [0.3, 0.4) is 0 Å². The lowest BCUT2D eigenvalue weighted by atomic mass is 10.1. The van der Waals surface area contributed by atoms with Crippen molar-refractivity contribution in [2.75, 3.05) is 17.2 Å². The van der Waals surface area contributed by atoms with Crippen LogP contribution in [-0.2, 0) is 11.2 Å². The summed E-state index contributed by atoms with van der Waals surface area (Å²) in [6, 6.07) is 20.8. The molecule has 2 amide bonds. The van der Waals surface area contributed by atoms with Crippen LogP contribution in [0.5, 0.6) is 5.75 Å². The Balaban J connectivity index is 1.31. The van der Waals surface area contributed by atoms with Gasteiger partial charge in [-0.3, -0.25) is 14.9 Å². The van der Waals surface area contributed by atoms with Gasteiger partial charge in [0.05, 0.1) is 11.1 Å². The van der Waals surface area contributed by atoms with Crippen LogP contribution in [-0.4, -0.2) is 23.5 Å². The molecule has 180 valence electrons. The van der Waals surface area contributed by atoms with E-state index in [1.165, 1.54) is 5.56 Å². The minimum Gasteiger partial charge on any atom is -0.492 e. The van der Waals surface area contributed by atoms with Crippen LogP contribution in [0.1, 0.15) is 34.3 Å². The summed E-state index contributed by atoms with van der Waals surface area (Å²) in [5, 5.41) is 8.89. The molecule has 1 saturated carbocycles. The molecule has 4 rings (SSSR count). The monoisotopic (exact) mass is 551 g/mol. The Bertz CT molecular complexity index is 1250. The summed E-state index contributed by atoms with van der Waals surface area (Å²) in [6.45, 7) is 2.42. The minimum atomic E-state index is -0.338. The summed E-state index contributed by atoms with van der Waals surface area (Å²) in [7, 11) is 0. The number of carbonyl (C=O) groups is 2. The Morgan fingerprint density at radius 2 is 1.71 bits per heavy atom. The molecule has 0 heterocycles. The third-order valence-electron chi connectivity index (χ3n) is 5.70. The Morgan fingerprint density at radius 3 is 2.40 bits per heavy atom. The van der Waals surface area contributed by atoms with E-state index in [2.05, 4.69) is 44.0 Å². The molecular weight excluding hydrogens is 526 g/mol. The highest BCUT2D eigenvalue weighted by molar-refractivity contribution is 9.10. The van der Waals surface area contributed by atoms with Crippen molar-refractivity contribution in [1.82, 2.24) is 5.32 Å². The van der Waals surface area contributed by atoms with Crippen LogP contribution >= 0.6 is 28.1 Å². The van der Waals surface area contributed by atoms with Crippen LogP contribution in [0.15, 0.2) is 71.2 Å². The van der Waals surface area contributed by atoms with Gasteiger partial charge < -0.3 is 15.4 Å². The second kappa shape index (κ2) is 11.5. The average molecular weight is 552 g/mol. The van der Waals surface area contributed by atoms with Crippen molar-refractivity contribution >= 4 is 56.4 Å². The van der Waals surface area contributed by atoms with E-state index >= 15 is 0 Å². The summed E-state index contributed by atoms with van der Waals surface area (Å²) in [4.78, 5) is 24.8. The Labute approximate surface area is 218 Å². The van der Waals surface area contributed by atoms with Crippen LogP contribution in [0.4, 0.5) is 11.4 Å². The van der Waals surface area contributed by atoms with Gasteiger partial charge in [-0.1, -0.05) is 36.4 Å². The number of nitrogens with one attached hydrogen (secondary N) is 3. The summed E-state index contributed by atoms with van der Waals surface area (Å²) in [5.74, 6) is 0.485. The van der Waals surface area contributed by atoms with Gasteiger partial charge in [-0.2, -0.15) is 0 Å². The number of hydrogen-bond acceptors (Lipinski definition) is 4. The van der Waals surface area contributed by atoms with E-state index in [0.717, 1.165) is 30.5 Å². The van der Waals surface area contributed by atoms with Gasteiger partial charge in [0.15, 0.2) is 5.11 Å². The van der Waals surface area contributed by atoms with Gasteiger partial charge in [0.2, 0.25) is 5.91 Å². The molecule has 0 bridgehead atoms. The fraction of sp³-hybridized carbons (Fsp3) is 0.222. The maximum Gasteiger partial charge on any atom is 0.257 e. The molecule has 0 spiro atoms. The molecule has 0 saturated heterocycles. The molecule has 0 atom stereocenters. The van der Waals surface area contributed by atoms with Crippen molar-refractivity contribution in [3.63, 3.8) is 0 Å². The molecule has 35 heavy (non-hydrogen) atoms. The maximum absolute atomic E-state index is 12.7. The Hall–Kier alpha value is -3.23. The third-order valence-corrected chi connectivity index (χ3v) is 6.52. The van der Waals surface area contributed by atoms with Crippen molar-refractivity contribution in [3.05, 3.63) is 87.9 Å². The maximum atomic E-state index is 12.7. The van der Waals surface area contributed by atoms with Gasteiger partial charge in [-0.25, -0.2) is 0 Å². The third kappa shape index (κ3) is 6.90. The largest absolute Gasteiger partial charge is 0.492 e. The zero-order valence-corrected chi connectivity index (χ0v) is 21.7. The molecule has 0 radical (unpaired) electrons. The summed E-state index contributed by atoms with van der Waals surface area (Å²) >= 11 is 8.84. The normalized spacial score (nSPS) is 12.5. The molecule has 0 aliphatic heterocycles. The van der Waals surface area contributed by atoms with E-state index in [0.29, 0.717) is 28.1 Å². The molecule has 8 heteroatoms. The van der Waals surface area contributed by atoms with E-state index in [9.17, 15) is 9.59 Å². The van der Waals surface area contributed by atoms with Crippen molar-refractivity contribution in [2.45, 2.75) is 26.2 Å². The number of halogens is 1. The minimum absolute atomic E-state index is 0.0409. The zero-order valence-electron chi connectivity index (χ0n) is 19.3. The molecule has 3 aromatic rings. The van der Waals surface area contributed by atoms with E-state index in [4.69, 9.17) is 17.0 Å². The van der Waals surface area contributed by atoms with E-state index < -0.39 is 0 Å². The first-order valence-corrected chi connectivity index (χ1v) is 12.6. The lowest BCUT2D eigenvalue weighted by molar-refractivity contribution is -0.117. The lowest BCUT2D eigenvalue weighted by Gasteiger charge is -2.15. The second-order valence-electron chi connectivity index (χ2n) is 8.38. The van der Waals surface area contributed by atoms with Crippen LogP contribution in [0.25, 0.3) is 0 Å². The molecule has 1 fully saturated rings. The van der Waals surface area contributed by atoms with Crippen molar-refractivity contribution < 1.29 is 14.3 Å². The number of thiocarbonyl (C=S) groups is 1. The quantitative estimate of drug-likeness (QED) is 0.306. The van der Waals surface area contributed by atoms with Crippen LogP contribution < -0.4 is 20.7 Å².